The molecule has 102 valence electrons. The molecule has 2 rings (SSSR count). The van der Waals surface area contributed by atoms with Crippen LogP contribution in [0.25, 0.3) is 0 Å². The maximum absolute atomic E-state index is 11.2. The number of hydrogen-bond donors (Lipinski definition) is 2. The van der Waals surface area contributed by atoms with Crippen LogP contribution in [0, 0.1) is 13.7 Å². The van der Waals surface area contributed by atoms with Crippen molar-refractivity contribution in [3.05, 3.63) is 61.7 Å². The molecule has 0 atom stereocenters. The number of hydrogen-bond acceptors (Lipinski definition) is 4. The summed E-state index contributed by atoms with van der Waals surface area (Å²) in [5.41, 5.74) is 0.700. The van der Waals surface area contributed by atoms with Gasteiger partial charge in [0.1, 0.15) is 0 Å². The van der Waals surface area contributed by atoms with Gasteiger partial charge in [0.15, 0.2) is 0 Å². The number of carboxylic acids is 1. The van der Waals surface area contributed by atoms with Crippen molar-refractivity contribution in [2.75, 3.05) is 5.32 Å². The van der Waals surface area contributed by atoms with E-state index < -0.39 is 10.9 Å². The van der Waals surface area contributed by atoms with Crippen LogP contribution in [0.15, 0.2) is 42.5 Å². The van der Waals surface area contributed by atoms with Crippen LogP contribution in [0.2, 0.25) is 0 Å². The maximum Gasteiger partial charge on any atom is 0.337 e. The molecule has 2 aromatic carbocycles. The van der Waals surface area contributed by atoms with Crippen LogP contribution in [0.5, 0.6) is 0 Å². The lowest BCUT2D eigenvalue weighted by atomic mass is 10.1. The zero-order chi connectivity index (χ0) is 14.7. The standard InChI is InChI=1S/C13H9IN2O4/c14-10-3-1-2-4-11(10)15-12-7-8(16(19)20)5-6-9(12)13(17)18/h1-7,15H,(H,17,18). The summed E-state index contributed by atoms with van der Waals surface area (Å²) in [6, 6.07) is 10.9. The monoisotopic (exact) mass is 384 g/mol. The number of non-ortho nitro benzene ring substituents is 1. The SMILES string of the molecule is O=C(O)c1ccc([N+](=O)[O-])cc1Nc1ccccc1I. The van der Waals surface area contributed by atoms with E-state index in [1.165, 1.54) is 18.2 Å². The molecular formula is C13H9IN2O4. The third kappa shape index (κ3) is 3.05. The van der Waals surface area contributed by atoms with Gasteiger partial charge in [0.05, 0.1) is 21.9 Å². The third-order valence-electron chi connectivity index (χ3n) is 2.59. The van der Waals surface area contributed by atoms with Gasteiger partial charge in [0.2, 0.25) is 0 Å². The van der Waals surface area contributed by atoms with Crippen molar-refractivity contribution in [2.45, 2.75) is 0 Å². The van der Waals surface area contributed by atoms with Gasteiger partial charge in [-0.1, -0.05) is 12.1 Å². The second-order valence-electron chi connectivity index (χ2n) is 3.90. The molecule has 0 aromatic heterocycles. The highest BCUT2D eigenvalue weighted by Crippen LogP contribution is 2.28. The van der Waals surface area contributed by atoms with Gasteiger partial charge in [-0.05, 0) is 40.8 Å². The molecule has 0 aliphatic rings. The quantitative estimate of drug-likeness (QED) is 0.477. The largest absolute Gasteiger partial charge is 0.478 e. The number of carbonyl (C=O) groups is 1. The lowest BCUT2D eigenvalue weighted by Gasteiger charge is -2.11. The van der Waals surface area contributed by atoms with Gasteiger partial charge in [-0.15, -0.1) is 0 Å². The molecule has 0 heterocycles. The number of anilines is 2. The first-order valence-electron chi connectivity index (χ1n) is 5.52. The minimum atomic E-state index is -1.15. The first kappa shape index (κ1) is 14.3. The minimum Gasteiger partial charge on any atom is -0.478 e. The Balaban J connectivity index is 2.48. The fourth-order valence-electron chi connectivity index (χ4n) is 1.64. The number of halogens is 1. The van der Waals surface area contributed by atoms with Gasteiger partial charge >= 0.3 is 5.97 Å². The number of nitro groups is 1. The summed E-state index contributed by atoms with van der Waals surface area (Å²) in [6.07, 6.45) is 0. The second-order valence-corrected chi connectivity index (χ2v) is 5.06. The van der Waals surface area contributed by atoms with Crippen LogP contribution in [-0.2, 0) is 0 Å². The summed E-state index contributed by atoms with van der Waals surface area (Å²) in [5, 5.41) is 22.8. The molecule has 0 bridgehead atoms. The molecule has 7 heteroatoms. The summed E-state index contributed by atoms with van der Waals surface area (Å²) in [6.45, 7) is 0. The molecule has 2 N–H and O–H groups in total. The van der Waals surface area contributed by atoms with E-state index in [2.05, 4.69) is 27.9 Å². The number of nitro benzene ring substituents is 1. The van der Waals surface area contributed by atoms with Crippen molar-refractivity contribution in [1.29, 1.82) is 0 Å². The van der Waals surface area contributed by atoms with Crippen LogP contribution in [-0.4, -0.2) is 16.0 Å². The average Bonchev–Trinajstić information content (AvgIpc) is 2.41. The number of benzene rings is 2. The average molecular weight is 384 g/mol. The first-order chi connectivity index (χ1) is 9.49. The minimum absolute atomic E-state index is 0.0183. The summed E-state index contributed by atoms with van der Waals surface area (Å²) in [4.78, 5) is 21.4. The fourth-order valence-corrected chi connectivity index (χ4v) is 2.17. The highest BCUT2D eigenvalue weighted by atomic mass is 127. The van der Waals surface area contributed by atoms with Gasteiger partial charge in [0.25, 0.3) is 5.69 Å². The van der Waals surface area contributed by atoms with Crippen LogP contribution in [0.4, 0.5) is 17.1 Å². The van der Waals surface area contributed by atoms with Crippen molar-refractivity contribution in [1.82, 2.24) is 0 Å². The van der Waals surface area contributed by atoms with E-state index in [-0.39, 0.29) is 16.9 Å². The van der Waals surface area contributed by atoms with E-state index in [4.69, 9.17) is 5.11 Å². The molecule has 0 saturated heterocycles. The zero-order valence-corrected chi connectivity index (χ0v) is 12.2. The molecule has 0 fully saturated rings. The third-order valence-corrected chi connectivity index (χ3v) is 3.53. The number of para-hydroxylation sites is 1. The predicted octanol–water partition coefficient (Wildman–Crippen LogP) is 3.64. The van der Waals surface area contributed by atoms with Crippen molar-refractivity contribution < 1.29 is 14.8 Å². The second kappa shape index (κ2) is 5.87. The Kier molecular flexibility index (Phi) is 4.18. The van der Waals surface area contributed by atoms with Gasteiger partial charge in [-0.25, -0.2) is 4.79 Å². The fraction of sp³-hybridized carbons (Fsp3) is 0. The number of nitrogens with one attached hydrogen (secondary N) is 1. The van der Waals surface area contributed by atoms with Gasteiger partial charge in [-0.2, -0.15) is 0 Å². The molecular weight excluding hydrogens is 375 g/mol. The highest BCUT2D eigenvalue weighted by molar-refractivity contribution is 14.1. The highest BCUT2D eigenvalue weighted by Gasteiger charge is 2.16. The van der Waals surface area contributed by atoms with E-state index >= 15 is 0 Å². The van der Waals surface area contributed by atoms with E-state index in [0.717, 1.165) is 3.57 Å². The molecule has 0 aliphatic heterocycles. The van der Waals surface area contributed by atoms with Crippen molar-refractivity contribution >= 4 is 45.6 Å². The number of rotatable bonds is 4. The number of nitrogens with zero attached hydrogens (tertiary/aromatic N) is 1. The molecule has 0 spiro atoms. The summed E-state index contributed by atoms with van der Waals surface area (Å²) in [5.74, 6) is -1.15. The molecule has 20 heavy (non-hydrogen) atoms. The van der Waals surface area contributed by atoms with E-state index in [1.54, 1.807) is 12.1 Å². The van der Waals surface area contributed by atoms with Crippen LogP contribution in [0.1, 0.15) is 10.4 Å². The Labute approximate surface area is 127 Å². The molecule has 0 radical (unpaired) electrons. The van der Waals surface area contributed by atoms with Crippen LogP contribution in [0.3, 0.4) is 0 Å². The van der Waals surface area contributed by atoms with Gasteiger partial charge < -0.3 is 10.4 Å². The predicted molar refractivity (Wildman–Crippen MR) is 82.5 cm³/mol. The Morgan fingerprint density at radius 1 is 1.20 bits per heavy atom. The zero-order valence-electron chi connectivity index (χ0n) is 10.0. The lowest BCUT2D eigenvalue weighted by Crippen LogP contribution is -2.04. The Hall–Kier alpha value is -2.16. The van der Waals surface area contributed by atoms with Crippen molar-refractivity contribution in [3.8, 4) is 0 Å². The van der Waals surface area contributed by atoms with E-state index in [0.29, 0.717) is 5.69 Å². The lowest BCUT2D eigenvalue weighted by molar-refractivity contribution is -0.384. The molecule has 6 nitrogen and oxygen atoms in total. The summed E-state index contributed by atoms with van der Waals surface area (Å²) < 4.78 is 0.882. The smallest absolute Gasteiger partial charge is 0.337 e. The molecule has 2 aromatic rings. The van der Waals surface area contributed by atoms with Gasteiger partial charge in [-0.3, -0.25) is 10.1 Å². The summed E-state index contributed by atoms with van der Waals surface area (Å²) in [7, 11) is 0. The number of carboxylic acid groups (broad SMARTS) is 1. The van der Waals surface area contributed by atoms with Gasteiger partial charge in [0, 0.05) is 15.7 Å². The normalized spacial score (nSPS) is 10.1. The molecule has 0 unspecified atom stereocenters. The van der Waals surface area contributed by atoms with E-state index in [1.807, 2.05) is 12.1 Å². The number of aromatic carboxylic acids is 1. The van der Waals surface area contributed by atoms with E-state index in [9.17, 15) is 14.9 Å². The Morgan fingerprint density at radius 2 is 1.90 bits per heavy atom. The van der Waals surface area contributed by atoms with Crippen LogP contribution < -0.4 is 5.32 Å². The first-order valence-corrected chi connectivity index (χ1v) is 6.60. The summed E-state index contributed by atoms with van der Waals surface area (Å²) >= 11 is 2.09. The molecule has 0 amide bonds. The van der Waals surface area contributed by atoms with Crippen molar-refractivity contribution in [3.63, 3.8) is 0 Å². The maximum atomic E-state index is 11.2. The molecule has 0 saturated carbocycles. The van der Waals surface area contributed by atoms with Crippen LogP contribution >= 0.6 is 22.6 Å². The Morgan fingerprint density at radius 3 is 2.50 bits per heavy atom. The van der Waals surface area contributed by atoms with Crippen molar-refractivity contribution in [2.24, 2.45) is 0 Å². The Bertz CT molecular complexity index is 688. The molecule has 0 aliphatic carbocycles. The topological polar surface area (TPSA) is 92.5 Å².